The Bertz CT molecular complexity index is 2130. The van der Waals surface area contributed by atoms with E-state index < -0.39 is 34.3 Å². The van der Waals surface area contributed by atoms with Gasteiger partial charge in [-0.05, 0) is 190 Å². The molecule has 0 heterocycles. The van der Waals surface area contributed by atoms with Crippen LogP contribution in [0.15, 0.2) is 84.9 Å². The Hall–Kier alpha value is -3.72. The number of aryl methyl sites for hydroxylation is 6. The van der Waals surface area contributed by atoms with E-state index in [4.69, 9.17) is 9.47 Å². The largest absolute Gasteiger partial charge is 0.496 e. The van der Waals surface area contributed by atoms with Crippen LogP contribution >= 0.6 is 15.8 Å². The number of benzene rings is 5. The second-order valence-electron chi connectivity index (χ2n) is 17.1. The summed E-state index contributed by atoms with van der Waals surface area (Å²) in [4.78, 5) is 0. The minimum Gasteiger partial charge on any atom is -0.496 e. The summed E-state index contributed by atoms with van der Waals surface area (Å²) in [5.41, 5.74) is 7.12. The number of alkyl halides is 4. The summed E-state index contributed by atoms with van der Waals surface area (Å²) in [6, 6.07) is 28.2. The van der Waals surface area contributed by atoms with Gasteiger partial charge in [-0.25, -0.2) is 4.39 Å². The highest BCUT2D eigenvalue weighted by atomic mass is 31.1. The van der Waals surface area contributed by atoms with Gasteiger partial charge in [-0.2, -0.15) is 13.2 Å². The van der Waals surface area contributed by atoms with Crippen molar-refractivity contribution >= 4 is 42.4 Å². The number of methoxy groups -OCH3 is 2. The summed E-state index contributed by atoms with van der Waals surface area (Å²) in [5, 5.41) is 5.40. The van der Waals surface area contributed by atoms with Gasteiger partial charge < -0.3 is 9.47 Å². The fraction of sp³-hybridized carbons (Fsp3) is 0.423. The monoisotopic (exact) mass is 856 g/mol. The van der Waals surface area contributed by atoms with E-state index in [9.17, 15) is 17.6 Å². The van der Waals surface area contributed by atoms with Crippen molar-refractivity contribution in [2.24, 2.45) is 5.92 Å². The van der Waals surface area contributed by atoms with Crippen molar-refractivity contribution in [2.75, 3.05) is 14.2 Å². The Morgan fingerprint density at radius 2 is 1.12 bits per heavy atom. The lowest BCUT2D eigenvalue weighted by Crippen LogP contribution is -2.31. The number of hydrogen-bond donors (Lipinski definition) is 0. The van der Waals surface area contributed by atoms with E-state index in [1.165, 1.54) is 59.6 Å². The average Bonchev–Trinajstić information content (AvgIpc) is 3.94. The van der Waals surface area contributed by atoms with Crippen molar-refractivity contribution in [1.82, 2.24) is 0 Å². The Morgan fingerprint density at radius 3 is 1.60 bits per heavy atom. The first kappa shape index (κ1) is 45.8. The first-order chi connectivity index (χ1) is 28.6. The van der Waals surface area contributed by atoms with Crippen molar-refractivity contribution in [3.63, 3.8) is 0 Å². The van der Waals surface area contributed by atoms with Crippen LogP contribution in [0, 0.1) is 47.5 Å². The molecule has 0 amide bonds. The van der Waals surface area contributed by atoms with E-state index in [0.717, 1.165) is 75.5 Å². The molecule has 320 valence electrons. The average molecular weight is 857 g/mol. The van der Waals surface area contributed by atoms with E-state index in [0.29, 0.717) is 5.30 Å². The molecule has 5 aromatic carbocycles. The van der Waals surface area contributed by atoms with Gasteiger partial charge in [0.2, 0.25) is 0 Å². The minimum atomic E-state index is -4.57. The van der Waals surface area contributed by atoms with E-state index in [-0.39, 0.29) is 23.1 Å². The Balaban J connectivity index is 0.00000112. The van der Waals surface area contributed by atoms with Gasteiger partial charge in [0.15, 0.2) is 0 Å². The topological polar surface area (TPSA) is 18.5 Å². The Labute approximate surface area is 359 Å². The molecule has 2 saturated carbocycles. The molecule has 0 spiro atoms. The molecule has 60 heavy (non-hydrogen) atoms. The van der Waals surface area contributed by atoms with Crippen LogP contribution in [0.1, 0.15) is 114 Å². The van der Waals surface area contributed by atoms with Crippen LogP contribution in [0.3, 0.4) is 0 Å². The molecule has 2 aliphatic carbocycles. The molecule has 0 bridgehead atoms. The van der Waals surface area contributed by atoms with Crippen LogP contribution in [0.25, 0.3) is 0 Å². The summed E-state index contributed by atoms with van der Waals surface area (Å²) < 4.78 is 68.8. The summed E-state index contributed by atoms with van der Waals surface area (Å²) in [6.07, 6.45) is 5.92. The van der Waals surface area contributed by atoms with E-state index in [2.05, 4.69) is 101 Å². The zero-order valence-electron chi connectivity index (χ0n) is 36.9. The van der Waals surface area contributed by atoms with E-state index in [1.54, 1.807) is 20.3 Å². The van der Waals surface area contributed by atoms with Crippen molar-refractivity contribution in [3.8, 4) is 11.5 Å². The second kappa shape index (κ2) is 20.0. The number of halogens is 4. The van der Waals surface area contributed by atoms with Crippen LogP contribution < -0.4 is 36.0 Å². The smallest absolute Gasteiger partial charge is 0.416 e. The van der Waals surface area contributed by atoms with Crippen LogP contribution in [0.4, 0.5) is 17.6 Å². The molecule has 2 nitrogen and oxygen atoms in total. The van der Waals surface area contributed by atoms with Gasteiger partial charge in [-0.3, -0.25) is 0 Å². The molecule has 2 fully saturated rings. The highest BCUT2D eigenvalue weighted by Gasteiger charge is 2.40. The second-order valence-corrected chi connectivity index (χ2v) is 21.8. The van der Waals surface area contributed by atoms with Gasteiger partial charge in [0.1, 0.15) is 18.2 Å². The molecule has 3 unspecified atom stereocenters. The van der Waals surface area contributed by atoms with Crippen molar-refractivity contribution in [3.05, 3.63) is 135 Å². The fourth-order valence-corrected chi connectivity index (χ4v) is 16.1. The van der Waals surface area contributed by atoms with Gasteiger partial charge in [0, 0.05) is 0 Å². The number of rotatable bonds is 11. The van der Waals surface area contributed by atoms with Gasteiger partial charge in [0.05, 0.1) is 19.8 Å². The molecule has 0 N–H and O–H groups in total. The SMILES string of the molecule is C1CCCC1.COc1c(C)cc(P(c2cc(C)c(OC)c(C)c2)c2ccccc2C2CCCC2[C@@H](C)P(c2cc(C)cc(C)c2)c2cc(CF)cc(C(F)(F)F)c2)cc1C. The molecular weight excluding hydrogens is 795 g/mol. The first-order valence-electron chi connectivity index (χ1n) is 21.5. The lowest BCUT2D eigenvalue weighted by Gasteiger charge is -2.36. The van der Waals surface area contributed by atoms with Crippen LogP contribution in [0.5, 0.6) is 11.5 Å². The summed E-state index contributed by atoms with van der Waals surface area (Å²) in [6.45, 7) is 13.8. The molecule has 5 aromatic rings. The number of hydrogen-bond acceptors (Lipinski definition) is 2. The predicted octanol–water partition coefficient (Wildman–Crippen LogP) is 13.2. The van der Waals surface area contributed by atoms with Crippen LogP contribution in [0.2, 0.25) is 0 Å². The third-order valence-corrected chi connectivity index (χ3v) is 17.7. The standard InChI is InChI=1S/C47H52F4O2P2.C5H10/c1-28-17-29(2)19-37(18-28)54(40-25-35(27-48)24-36(26-40)47(49,50)51)34(7)41-14-12-15-42(41)43-13-10-11-16-44(43)55(38-20-30(3)45(52-8)31(4)21-38)39-22-32(5)46(53-9)33(6)23-39;1-2-4-5-3-1/h10-11,13,16-26,34,41-42H,12,14-15,27H2,1-9H3;1-5H2/t34-,41?,42?,54?;/m1./s1. The third kappa shape index (κ3) is 10.3. The molecule has 0 radical (unpaired) electrons. The quantitative estimate of drug-likeness (QED) is 0.0973. The molecule has 0 aliphatic heterocycles. The highest BCUT2D eigenvalue weighted by Crippen LogP contribution is 2.54. The van der Waals surface area contributed by atoms with Crippen molar-refractivity contribution < 1.29 is 27.0 Å². The lowest BCUT2D eigenvalue weighted by molar-refractivity contribution is -0.137. The molecule has 7 rings (SSSR count). The van der Waals surface area contributed by atoms with Crippen molar-refractivity contribution in [2.45, 2.75) is 124 Å². The zero-order chi connectivity index (χ0) is 43.3. The van der Waals surface area contributed by atoms with E-state index >= 15 is 0 Å². The Morgan fingerprint density at radius 1 is 0.617 bits per heavy atom. The third-order valence-electron chi connectivity index (χ3n) is 12.5. The summed E-state index contributed by atoms with van der Waals surface area (Å²) >= 11 is 0. The van der Waals surface area contributed by atoms with Crippen LogP contribution in [-0.2, 0) is 12.9 Å². The number of ether oxygens (including phenoxy) is 2. The molecule has 4 atom stereocenters. The maximum Gasteiger partial charge on any atom is 0.416 e. The molecular formula is C52H62F4O2P2. The maximum atomic E-state index is 14.3. The summed E-state index contributed by atoms with van der Waals surface area (Å²) in [7, 11) is 1.12. The van der Waals surface area contributed by atoms with Gasteiger partial charge in [0.25, 0.3) is 0 Å². The molecule has 0 aromatic heterocycles. The highest BCUT2D eigenvalue weighted by molar-refractivity contribution is 7.80. The van der Waals surface area contributed by atoms with Crippen LogP contribution in [-0.4, -0.2) is 19.9 Å². The lowest BCUT2D eigenvalue weighted by atomic mass is 9.87. The Kier molecular flexibility index (Phi) is 15.3. The zero-order valence-corrected chi connectivity index (χ0v) is 38.7. The van der Waals surface area contributed by atoms with Gasteiger partial charge in [-0.15, -0.1) is 0 Å². The molecule has 0 saturated heterocycles. The molecule has 2 aliphatic rings. The minimum absolute atomic E-state index is 0.0230. The van der Waals surface area contributed by atoms with Crippen molar-refractivity contribution in [1.29, 1.82) is 0 Å². The van der Waals surface area contributed by atoms with Gasteiger partial charge in [-0.1, -0.05) is 99.0 Å². The maximum absolute atomic E-state index is 14.3. The predicted molar refractivity (Wildman–Crippen MR) is 248 cm³/mol. The van der Waals surface area contributed by atoms with Gasteiger partial charge >= 0.3 is 6.18 Å². The fourth-order valence-electron chi connectivity index (χ4n) is 9.98. The first-order valence-corrected chi connectivity index (χ1v) is 24.2. The van der Waals surface area contributed by atoms with E-state index in [1.807, 2.05) is 13.8 Å². The summed E-state index contributed by atoms with van der Waals surface area (Å²) in [5.74, 6) is 2.18. The molecule has 8 heteroatoms. The normalized spacial score (nSPS) is 17.6.